The van der Waals surface area contributed by atoms with E-state index < -0.39 is 0 Å². The summed E-state index contributed by atoms with van der Waals surface area (Å²) < 4.78 is 18.7. The number of benzene rings is 1. The number of carbonyl (C=O) groups is 1. The van der Waals surface area contributed by atoms with Crippen molar-refractivity contribution in [2.24, 2.45) is 11.7 Å². The van der Waals surface area contributed by atoms with Gasteiger partial charge in [-0.3, -0.25) is 4.79 Å². The van der Waals surface area contributed by atoms with Crippen molar-refractivity contribution in [1.82, 2.24) is 0 Å². The standard InChI is InChI=1S/C15H21FN2O2/c1-2-7-20-14-9-11(16)4-6-13(14)18-15(19)10-3-5-12(17)8-10/h4,6,9-10,12H,2-3,5,7-8,17H2,1H3,(H,18,19). The summed E-state index contributed by atoms with van der Waals surface area (Å²) in [4.78, 5) is 12.2. The average Bonchev–Trinajstić information content (AvgIpc) is 2.85. The molecule has 0 aliphatic heterocycles. The molecule has 2 unspecified atom stereocenters. The van der Waals surface area contributed by atoms with Gasteiger partial charge >= 0.3 is 0 Å². The molecule has 1 saturated carbocycles. The van der Waals surface area contributed by atoms with Crippen LogP contribution in [0.1, 0.15) is 32.6 Å². The molecule has 1 aliphatic rings. The van der Waals surface area contributed by atoms with E-state index >= 15 is 0 Å². The van der Waals surface area contributed by atoms with Crippen molar-refractivity contribution in [2.45, 2.75) is 38.6 Å². The third-order valence-electron chi connectivity index (χ3n) is 3.51. The lowest BCUT2D eigenvalue weighted by Crippen LogP contribution is -2.23. The Labute approximate surface area is 118 Å². The summed E-state index contributed by atoms with van der Waals surface area (Å²) in [6, 6.07) is 4.25. The van der Waals surface area contributed by atoms with Gasteiger partial charge in [0.05, 0.1) is 12.3 Å². The second kappa shape index (κ2) is 6.70. The Balaban J connectivity index is 2.06. The molecular formula is C15H21FN2O2. The third-order valence-corrected chi connectivity index (χ3v) is 3.51. The van der Waals surface area contributed by atoms with Gasteiger partial charge in [-0.1, -0.05) is 6.92 Å². The summed E-state index contributed by atoms with van der Waals surface area (Å²) in [5.41, 5.74) is 6.34. The average molecular weight is 280 g/mol. The fourth-order valence-electron chi connectivity index (χ4n) is 2.42. The molecule has 5 heteroatoms. The molecule has 3 N–H and O–H groups in total. The Morgan fingerprint density at radius 1 is 1.50 bits per heavy atom. The number of ether oxygens (including phenoxy) is 1. The molecule has 2 rings (SSSR count). The van der Waals surface area contributed by atoms with E-state index in [1.165, 1.54) is 18.2 Å². The highest BCUT2D eigenvalue weighted by Crippen LogP contribution is 2.29. The minimum absolute atomic E-state index is 0.0610. The molecular weight excluding hydrogens is 259 g/mol. The van der Waals surface area contributed by atoms with Crippen LogP contribution in [0, 0.1) is 11.7 Å². The molecule has 20 heavy (non-hydrogen) atoms. The van der Waals surface area contributed by atoms with E-state index in [2.05, 4.69) is 5.32 Å². The van der Waals surface area contributed by atoms with Crippen LogP contribution in [-0.2, 0) is 4.79 Å². The molecule has 0 bridgehead atoms. The number of rotatable bonds is 5. The lowest BCUT2D eigenvalue weighted by atomic mass is 10.1. The first kappa shape index (κ1) is 14.8. The predicted molar refractivity (Wildman–Crippen MR) is 76.1 cm³/mol. The first-order valence-electron chi connectivity index (χ1n) is 7.09. The number of halogens is 1. The zero-order chi connectivity index (χ0) is 14.5. The summed E-state index contributed by atoms with van der Waals surface area (Å²) in [7, 11) is 0. The third kappa shape index (κ3) is 3.70. The molecule has 0 radical (unpaired) electrons. The van der Waals surface area contributed by atoms with Crippen LogP contribution in [0.4, 0.5) is 10.1 Å². The van der Waals surface area contributed by atoms with E-state index in [4.69, 9.17) is 10.5 Å². The van der Waals surface area contributed by atoms with Gasteiger partial charge in [0, 0.05) is 18.0 Å². The van der Waals surface area contributed by atoms with E-state index in [1.54, 1.807) is 0 Å². The predicted octanol–water partition coefficient (Wildman–Crippen LogP) is 2.68. The number of hydrogen-bond donors (Lipinski definition) is 2. The zero-order valence-electron chi connectivity index (χ0n) is 11.7. The minimum atomic E-state index is -0.378. The van der Waals surface area contributed by atoms with Crippen LogP contribution < -0.4 is 15.8 Å². The van der Waals surface area contributed by atoms with Crippen molar-refractivity contribution in [2.75, 3.05) is 11.9 Å². The van der Waals surface area contributed by atoms with Gasteiger partial charge in [-0.2, -0.15) is 0 Å². The Morgan fingerprint density at radius 2 is 2.30 bits per heavy atom. The van der Waals surface area contributed by atoms with Crippen molar-refractivity contribution in [1.29, 1.82) is 0 Å². The molecule has 0 aromatic heterocycles. The van der Waals surface area contributed by atoms with E-state index in [1.807, 2.05) is 6.92 Å². The van der Waals surface area contributed by atoms with E-state index in [0.29, 0.717) is 24.5 Å². The molecule has 1 aromatic carbocycles. The lowest BCUT2D eigenvalue weighted by Gasteiger charge is -2.14. The highest BCUT2D eigenvalue weighted by Gasteiger charge is 2.28. The SMILES string of the molecule is CCCOc1cc(F)ccc1NC(=O)C1CCC(N)C1. The van der Waals surface area contributed by atoms with Gasteiger partial charge in [0.1, 0.15) is 11.6 Å². The number of carbonyl (C=O) groups excluding carboxylic acids is 1. The summed E-state index contributed by atoms with van der Waals surface area (Å²) in [5, 5.41) is 2.82. The van der Waals surface area contributed by atoms with Gasteiger partial charge < -0.3 is 15.8 Å². The topological polar surface area (TPSA) is 64.3 Å². The van der Waals surface area contributed by atoms with Gasteiger partial charge in [-0.15, -0.1) is 0 Å². The van der Waals surface area contributed by atoms with Crippen molar-refractivity contribution in [3.8, 4) is 5.75 Å². The molecule has 0 saturated heterocycles. The number of amides is 1. The number of anilines is 1. The van der Waals surface area contributed by atoms with E-state index in [-0.39, 0.29) is 23.7 Å². The fourth-order valence-corrected chi connectivity index (χ4v) is 2.42. The maximum Gasteiger partial charge on any atom is 0.227 e. The van der Waals surface area contributed by atoms with Crippen molar-refractivity contribution in [3.05, 3.63) is 24.0 Å². The van der Waals surface area contributed by atoms with E-state index in [9.17, 15) is 9.18 Å². The normalized spacial score (nSPS) is 21.8. The number of nitrogens with two attached hydrogens (primary N) is 1. The van der Waals surface area contributed by atoms with Crippen molar-refractivity contribution in [3.63, 3.8) is 0 Å². The molecule has 110 valence electrons. The van der Waals surface area contributed by atoms with Crippen molar-refractivity contribution < 1.29 is 13.9 Å². The highest BCUT2D eigenvalue weighted by atomic mass is 19.1. The van der Waals surface area contributed by atoms with Crippen LogP contribution >= 0.6 is 0 Å². The molecule has 1 aromatic rings. The van der Waals surface area contributed by atoms with E-state index in [0.717, 1.165) is 19.3 Å². The molecule has 1 amide bonds. The van der Waals surface area contributed by atoms with Crippen LogP contribution in [0.5, 0.6) is 5.75 Å². The van der Waals surface area contributed by atoms with Crippen LogP contribution in [0.3, 0.4) is 0 Å². The number of nitrogens with one attached hydrogen (secondary N) is 1. The van der Waals surface area contributed by atoms with Gasteiger partial charge in [0.25, 0.3) is 0 Å². The van der Waals surface area contributed by atoms with Crippen molar-refractivity contribution >= 4 is 11.6 Å². The second-order valence-electron chi connectivity index (χ2n) is 5.25. The smallest absolute Gasteiger partial charge is 0.227 e. The quantitative estimate of drug-likeness (QED) is 0.871. The fraction of sp³-hybridized carbons (Fsp3) is 0.533. The monoisotopic (exact) mass is 280 g/mol. The molecule has 1 fully saturated rings. The van der Waals surface area contributed by atoms with Crippen LogP contribution in [-0.4, -0.2) is 18.6 Å². The second-order valence-corrected chi connectivity index (χ2v) is 5.25. The Morgan fingerprint density at radius 3 is 2.95 bits per heavy atom. The molecule has 0 spiro atoms. The summed E-state index contributed by atoms with van der Waals surface area (Å²) in [6.45, 7) is 2.46. The summed E-state index contributed by atoms with van der Waals surface area (Å²) >= 11 is 0. The Kier molecular flexibility index (Phi) is 4.95. The first-order chi connectivity index (χ1) is 9.60. The molecule has 2 atom stereocenters. The molecule has 0 heterocycles. The van der Waals surface area contributed by atoms with Crippen LogP contribution in [0.2, 0.25) is 0 Å². The first-order valence-corrected chi connectivity index (χ1v) is 7.09. The minimum Gasteiger partial charge on any atom is -0.491 e. The van der Waals surface area contributed by atoms with Gasteiger partial charge in [0.15, 0.2) is 0 Å². The van der Waals surface area contributed by atoms with Gasteiger partial charge in [0.2, 0.25) is 5.91 Å². The zero-order valence-corrected chi connectivity index (χ0v) is 11.7. The Hall–Kier alpha value is -1.62. The highest BCUT2D eigenvalue weighted by molar-refractivity contribution is 5.94. The van der Waals surface area contributed by atoms with Gasteiger partial charge in [-0.05, 0) is 37.8 Å². The van der Waals surface area contributed by atoms with Crippen LogP contribution in [0.15, 0.2) is 18.2 Å². The summed E-state index contributed by atoms with van der Waals surface area (Å²) in [6.07, 6.45) is 3.21. The van der Waals surface area contributed by atoms with Gasteiger partial charge in [-0.25, -0.2) is 4.39 Å². The summed E-state index contributed by atoms with van der Waals surface area (Å²) in [5.74, 6) is -0.125. The largest absolute Gasteiger partial charge is 0.491 e. The maximum atomic E-state index is 13.3. The van der Waals surface area contributed by atoms with Crippen LogP contribution in [0.25, 0.3) is 0 Å². The maximum absolute atomic E-state index is 13.3. The molecule has 4 nitrogen and oxygen atoms in total. The molecule has 1 aliphatic carbocycles. The number of hydrogen-bond acceptors (Lipinski definition) is 3. The Bertz CT molecular complexity index is 479. The lowest BCUT2D eigenvalue weighted by molar-refractivity contribution is -0.119.